The van der Waals surface area contributed by atoms with Crippen molar-refractivity contribution in [3.63, 3.8) is 0 Å². The van der Waals surface area contributed by atoms with E-state index < -0.39 is 0 Å². The Morgan fingerprint density at radius 3 is 2.58 bits per heavy atom. The molecule has 0 amide bonds. The molecule has 2 aromatic heterocycles. The lowest BCUT2D eigenvalue weighted by molar-refractivity contribution is 0.212. The normalized spacial score (nSPS) is 20.1. The lowest BCUT2D eigenvalue weighted by atomic mass is 10.1. The first-order valence-electron chi connectivity index (χ1n) is 9.96. The monoisotopic (exact) mass is 371 g/mol. The second-order valence-corrected chi connectivity index (χ2v) is 8.45. The number of rotatable bonds is 5. The van der Waals surface area contributed by atoms with E-state index in [1.807, 2.05) is 17.5 Å². The van der Waals surface area contributed by atoms with Crippen LogP contribution in [0.3, 0.4) is 0 Å². The van der Waals surface area contributed by atoms with Crippen LogP contribution in [0.2, 0.25) is 0 Å². The highest BCUT2D eigenvalue weighted by Gasteiger charge is 2.20. The molecule has 0 unspecified atom stereocenters. The highest BCUT2D eigenvalue weighted by Crippen LogP contribution is 2.21. The van der Waals surface area contributed by atoms with Gasteiger partial charge in [0.25, 0.3) is 0 Å². The Bertz CT molecular complexity index is 659. The van der Waals surface area contributed by atoms with Crippen molar-refractivity contribution in [2.24, 2.45) is 0 Å². The van der Waals surface area contributed by atoms with Crippen LogP contribution in [0.1, 0.15) is 43.4 Å². The summed E-state index contributed by atoms with van der Waals surface area (Å²) in [6.45, 7) is 5.61. The summed E-state index contributed by atoms with van der Waals surface area (Å²) in [5.74, 6) is 1.88. The maximum absolute atomic E-state index is 4.80. The van der Waals surface area contributed by atoms with E-state index in [0.29, 0.717) is 6.04 Å². The van der Waals surface area contributed by atoms with Crippen molar-refractivity contribution in [1.82, 2.24) is 14.9 Å². The molecule has 140 valence electrons. The maximum Gasteiger partial charge on any atom is 0.224 e. The van der Waals surface area contributed by atoms with Crippen LogP contribution in [0, 0.1) is 0 Å². The molecule has 6 heteroatoms. The van der Waals surface area contributed by atoms with Gasteiger partial charge in [0.15, 0.2) is 0 Å². The van der Waals surface area contributed by atoms with Crippen LogP contribution in [0.4, 0.5) is 11.8 Å². The lowest BCUT2D eigenvalue weighted by Gasteiger charge is -2.32. The number of aromatic nitrogens is 2. The number of hydrogen-bond donors (Lipinski definition) is 1. The van der Waals surface area contributed by atoms with E-state index in [1.54, 1.807) is 0 Å². The predicted molar refractivity (Wildman–Crippen MR) is 109 cm³/mol. The molecular weight excluding hydrogens is 342 g/mol. The molecule has 2 saturated heterocycles. The van der Waals surface area contributed by atoms with Gasteiger partial charge in [0, 0.05) is 49.8 Å². The van der Waals surface area contributed by atoms with Crippen molar-refractivity contribution in [3.8, 4) is 0 Å². The van der Waals surface area contributed by atoms with Gasteiger partial charge < -0.3 is 10.2 Å². The Morgan fingerprint density at radius 2 is 1.85 bits per heavy atom. The molecule has 26 heavy (non-hydrogen) atoms. The third-order valence-corrected chi connectivity index (χ3v) is 6.31. The van der Waals surface area contributed by atoms with Crippen LogP contribution < -0.4 is 10.2 Å². The van der Waals surface area contributed by atoms with Gasteiger partial charge in [-0.05, 0) is 43.2 Å². The maximum atomic E-state index is 4.80. The standard InChI is InChI=1S/C20H29N5S/c1-2-4-12-25(11-3-1)19-7-10-21-20(23-19)22-17-8-13-24(14-9-17)16-18-6-5-15-26-18/h5-7,10,15,17H,1-4,8-9,11-14,16H2,(H,21,22,23). The number of likely N-dealkylation sites (tertiary alicyclic amines) is 1. The molecule has 2 aliphatic heterocycles. The van der Waals surface area contributed by atoms with Crippen LogP contribution in [0.15, 0.2) is 29.8 Å². The van der Waals surface area contributed by atoms with Gasteiger partial charge in [-0.25, -0.2) is 4.98 Å². The van der Waals surface area contributed by atoms with Crippen LogP contribution in [-0.2, 0) is 6.54 Å². The minimum atomic E-state index is 0.481. The van der Waals surface area contributed by atoms with E-state index in [1.165, 1.54) is 30.6 Å². The van der Waals surface area contributed by atoms with E-state index in [9.17, 15) is 0 Å². The molecule has 0 aliphatic carbocycles. The first kappa shape index (κ1) is 17.7. The van der Waals surface area contributed by atoms with Gasteiger partial charge in [-0.3, -0.25) is 4.90 Å². The smallest absolute Gasteiger partial charge is 0.224 e. The quantitative estimate of drug-likeness (QED) is 0.861. The number of thiophene rings is 1. The third kappa shape index (κ3) is 4.74. The number of nitrogens with one attached hydrogen (secondary N) is 1. The van der Waals surface area contributed by atoms with E-state index in [2.05, 4.69) is 43.7 Å². The summed E-state index contributed by atoms with van der Waals surface area (Å²) >= 11 is 1.85. The summed E-state index contributed by atoms with van der Waals surface area (Å²) in [5.41, 5.74) is 0. The van der Waals surface area contributed by atoms with Crippen LogP contribution in [0.25, 0.3) is 0 Å². The van der Waals surface area contributed by atoms with E-state index >= 15 is 0 Å². The largest absolute Gasteiger partial charge is 0.356 e. The molecule has 5 nitrogen and oxygen atoms in total. The molecule has 1 N–H and O–H groups in total. The van der Waals surface area contributed by atoms with Crippen molar-refractivity contribution in [2.75, 3.05) is 36.4 Å². The van der Waals surface area contributed by atoms with Crippen molar-refractivity contribution in [2.45, 2.75) is 51.1 Å². The Labute approximate surface area is 160 Å². The molecular formula is C20H29N5S. The summed E-state index contributed by atoms with van der Waals surface area (Å²) in [5, 5.41) is 5.75. The zero-order valence-electron chi connectivity index (χ0n) is 15.4. The molecule has 0 bridgehead atoms. The summed E-state index contributed by atoms with van der Waals surface area (Å²) in [7, 11) is 0. The van der Waals surface area contributed by atoms with Crippen molar-refractivity contribution < 1.29 is 0 Å². The molecule has 0 atom stereocenters. The van der Waals surface area contributed by atoms with Crippen LogP contribution in [0.5, 0.6) is 0 Å². The summed E-state index contributed by atoms with van der Waals surface area (Å²) in [4.78, 5) is 15.7. The summed E-state index contributed by atoms with van der Waals surface area (Å²) < 4.78 is 0. The van der Waals surface area contributed by atoms with Gasteiger partial charge in [0.1, 0.15) is 5.82 Å². The molecule has 0 spiro atoms. The predicted octanol–water partition coefficient (Wildman–Crippen LogP) is 4.00. The minimum absolute atomic E-state index is 0.481. The molecule has 4 rings (SSSR count). The Morgan fingerprint density at radius 1 is 1.04 bits per heavy atom. The second kappa shape index (κ2) is 8.82. The summed E-state index contributed by atoms with van der Waals surface area (Å²) in [6, 6.07) is 6.91. The summed E-state index contributed by atoms with van der Waals surface area (Å²) in [6.07, 6.45) is 9.45. The molecule has 2 fully saturated rings. The van der Waals surface area contributed by atoms with E-state index in [4.69, 9.17) is 4.98 Å². The Kier molecular flexibility index (Phi) is 6.02. The van der Waals surface area contributed by atoms with Gasteiger partial charge in [-0.2, -0.15) is 4.98 Å². The van der Waals surface area contributed by atoms with E-state index in [-0.39, 0.29) is 0 Å². The Hall–Kier alpha value is -1.66. The van der Waals surface area contributed by atoms with Crippen LogP contribution in [-0.4, -0.2) is 47.1 Å². The fourth-order valence-corrected chi connectivity index (χ4v) is 4.68. The van der Waals surface area contributed by atoms with Crippen LogP contribution >= 0.6 is 11.3 Å². The molecule has 0 radical (unpaired) electrons. The fraction of sp³-hybridized carbons (Fsp3) is 0.600. The molecule has 0 saturated carbocycles. The fourth-order valence-electron chi connectivity index (χ4n) is 3.94. The van der Waals surface area contributed by atoms with Crippen molar-refractivity contribution >= 4 is 23.1 Å². The second-order valence-electron chi connectivity index (χ2n) is 7.41. The SMILES string of the molecule is c1csc(CN2CCC(Nc3nccc(N4CCCCCC4)n3)CC2)c1. The third-order valence-electron chi connectivity index (χ3n) is 5.45. The first-order valence-corrected chi connectivity index (χ1v) is 10.8. The topological polar surface area (TPSA) is 44.3 Å². The average molecular weight is 372 g/mol. The average Bonchev–Trinajstić information content (AvgIpc) is 3.02. The zero-order valence-corrected chi connectivity index (χ0v) is 16.3. The Balaban J connectivity index is 1.30. The highest BCUT2D eigenvalue weighted by molar-refractivity contribution is 7.09. The molecule has 2 aliphatic rings. The first-order chi connectivity index (χ1) is 12.9. The van der Waals surface area contributed by atoms with Gasteiger partial charge in [0.2, 0.25) is 5.95 Å². The highest BCUT2D eigenvalue weighted by atomic mass is 32.1. The lowest BCUT2D eigenvalue weighted by Crippen LogP contribution is -2.38. The van der Waals surface area contributed by atoms with Crippen molar-refractivity contribution in [1.29, 1.82) is 0 Å². The van der Waals surface area contributed by atoms with Gasteiger partial charge in [-0.15, -0.1) is 11.3 Å². The van der Waals surface area contributed by atoms with Gasteiger partial charge >= 0.3 is 0 Å². The number of hydrogen-bond acceptors (Lipinski definition) is 6. The molecule has 4 heterocycles. The van der Waals surface area contributed by atoms with Crippen molar-refractivity contribution in [3.05, 3.63) is 34.7 Å². The van der Waals surface area contributed by atoms with E-state index in [0.717, 1.165) is 57.3 Å². The zero-order chi connectivity index (χ0) is 17.6. The van der Waals surface area contributed by atoms with Gasteiger partial charge in [-0.1, -0.05) is 18.9 Å². The number of piperidine rings is 1. The minimum Gasteiger partial charge on any atom is -0.356 e. The molecule has 0 aromatic carbocycles. The van der Waals surface area contributed by atoms with Gasteiger partial charge in [0.05, 0.1) is 0 Å². The number of nitrogens with zero attached hydrogens (tertiary/aromatic N) is 4. The molecule has 2 aromatic rings. The number of anilines is 2.